The van der Waals surface area contributed by atoms with Crippen LogP contribution in [0.5, 0.6) is 0 Å². The molecule has 17 heavy (non-hydrogen) atoms. The van der Waals surface area contributed by atoms with Crippen molar-refractivity contribution >= 4 is 15.6 Å². The van der Waals surface area contributed by atoms with E-state index in [4.69, 9.17) is 0 Å². The number of aryl methyl sites for hydroxylation is 2. The number of carbonyl (C=O) groups is 1. The molecule has 0 N–H and O–H groups in total. The molecule has 0 spiro atoms. The van der Waals surface area contributed by atoms with Crippen molar-refractivity contribution < 1.29 is 13.2 Å². The van der Waals surface area contributed by atoms with E-state index in [0.29, 0.717) is 0 Å². The molecule has 0 saturated carbocycles. The largest absolute Gasteiger partial charge is 0.299 e. The Balaban J connectivity index is 2.44. The molecule has 1 aliphatic rings. The van der Waals surface area contributed by atoms with Gasteiger partial charge in [0.05, 0.1) is 4.90 Å². The van der Waals surface area contributed by atoms with Crippen LogP contribution < -0.4 is 0 Å². The van der Waals surface area contributed by atoms with Crippen molar-refractivity contribution in [1.82, 2.24) is 0 Å². The molecule has 0 aromatic heterocycles. The summed E-state index contributed by atoms with van der Waals surface area (Å²) < 4.78 is 24.3. The van der Waals surface area contributed by atoms with Gasteiger partial charge in [0.25, 0.3) is 0 Å². The van der Waals surface area contributed by atoms with Gasteiger partial charge in [-0.25, -0.2) is 8.42 Å². The number of Topliss-reactive ketones (excluding diaryl/α,β-unsaturated/α-hetero) is 1. The number of fused-ring (bicyclic) bond motifs is 1. The Morgan fingerprint density at radius 3 is 2.53 bits per heavy atom. The van der Waals surface area contributed by atoms with E-state index in [2.05, 4.69) is 0 Å². The van der Waals surface area contributed by atoms with E-state index < -0.39 is 15.1 Å². The number of rotatable bonds is 3. The molecule has 92 valence electrons. The maximum atomic E-state index is 12.2. The molecule has 1 unspecified atom stereocenters. The molecule has 0 heterocycles. The maximum absolute atomic E-state index is 12.2. The third-order valence-electron chi connectivity index (χ3n) is 3.44. The van der Waals surface area contributed by atoms with E-state index in [-0.39, 0.29) is 10.7 Å². The molecule has 1 aromatic rings. The Kier molecular flexibility index (Phi) is 3.08. The molecule has 0 saturated heterocycles. The lowest BCUT2D eigenvalue weighted by atomic mass is 10.1. The summed E-state index contributed by atoms with van der Waals surface area (Å²) >= 11 is 0. The third kappa shape index (κ3) is 2.14. The lowest BCUT2D eigenvalue weighted by Crippen LogP contribution is -2.25. The fraction of sp³-hybridized carbons (Fsp3) is 0.462. The molecule has 0 amide bonds. The number of hydrogen-bond acceptors (Lipinski definition) is 3. The minimum atomic E-state index is -3.51. The zero-order valence-electron chi connectivity index (χ0n) is 10.1. The van der Waals surface area contributed by atoms with Crippen LogP contribution in [0.25, 0.3) is 0 Å². The Morgan fingerprint density at radius 1 is 1.24 bits per heavy atom. The first-order chi connectivity index (χ1) is 7.93. The number of hydrogen-bond donors (Lipinski definition) is 0. The van der Waals surface area contributed by atoms with Gasteiger partial charge in [0.1, 0.15) is 11.0 Å². The van der Waals surface area contributed by atoms with Crippen LogP contribution in [0.1, 0.15) is 31.4 Å². The summed E-state index contributed by atoms with van der Waals surface area (Å²) in [6.07, 6.45) is 3.05. The van der Waals surface area contributed by atoms with Gasteiger partial charge in [-0.15, -0.1) is 0 Å². The van der Waals surface area contributed by atoms with Crippen LogP contribution in [0.2, 0.25) is 0 Å². The first-order valence-corrected chi connectivity index (χ1v) is 7.33. The second-order valence-corrected chi connectivity index (χ2v) is 6.85. The van der Waals surface area contributed by atoms with Gasteiger partial charge in [0, 0.05) is 0 Å². The summed E-state index contributed by atoms with van der Waals surface area (Å²) in [6.45, 7) is 2.76. The topological polar surface area (TPSA) is 51.2 Å². The average molecular weight is 252 g/mol. The first-order valence-electron chi connectivity index (χ1n) is 5.79. The monoisotopic (exact) mass is 252 g/mol. The molecule has 1 aromatic carbocycles. The minimum Gasteiger partial charge on any atom is -0.299 e. The number of ketones is 1. The lowest BCUT2D eigenvalue weighted by Gasteiger charge is -2.11. The highest BCUT2D eigenvalue weighted by atomic mass is 32.2. The summed E-state index contributed by atoms with van der Waals surface area (Å²) in [4.78, 5) is 11.5. The van der Waals surface area contributed by atoms with Crippen LogP contribution in [-0.2, 0) is 27.5 Å². The quantitative estimate of drug-likeness (QED) is 0.826. The zero-order chi connectivity index (χ0) is 12.6. The predicted octanol–water partition coefficient (Wildman–Crippen LogP) is 1.93. The molecule has 2 rings (SSSR count). The van der Waals surface area contributed by atoms with Crippen LogP contribution in [0.3, 0.4) is 0 Å². The third-order valence-corrected chi connectivity index (χ3v) is 5.61. The van der Waals surface area contributed by atoms with Gasteiger partial charge in [0.15, 0.2) is 9.84 Å². The summed E-state index contributed by atoms with van der Waals surface area (Å²) in [5.74, 6) is -0.314. The number of sulfone groups is 1. The highest BCUT2D eigenvalue weighted by molar-refractivity contribution is 7.92. The van der Waals surface area contributed by atoms with Crippen molar-refractivity contribution in [2.45, 2.75) is 43.3 Å². The summed E-state index contributed by atoms with van der Waals surface area (Å²) in [6, 6.07) is 5.23. The second kappa shape index (κ2) is 4.26. The van der Waals surface area contributed by atoms with Gasteiger partial charge < -0.3 is 0 Å². The minimum absolute atomic E-state index is 0.279. The second-order valence-electron chi connectivity index (χ2n) is 4.58. The fourth-order valence-electron chi connectivity index (χ4n) is 2.15. The molecule has 0 bridgehead atoms. The molecule has 1 aliphatic carbocycles. The van der Waals surface area contributed by atoms with E-state index >= 15 is 0 Å². The molecular weight excluding hydrogens is 236 g/mol. The first kappa shape index (κ1) is 12.3. The molecular formula is C13H16O3S. The highest BCUT2D eigenvalue weighted by Gasteiger charge is 2.27. The van der Waals surface area contributed by atoms with Crippen molar-refractivity contribution in [3.63, 3.8) is 0 Å². The van der Waals surface area contributed by atoms with Crippen LogP contribution in [0.15, 0.2) is 23.1 Å². The van der Waals surface area contributed by atoms with Gasteiger partial charge in [0.2, 0.25) is 0 Å². The summed E-state index contributed by atoms with van der Waals surface area (Å²) in [5.41, 5.74) is 2.35. The van der Waals surface area contributed by atoms with E-state index in [1.165, 1.54) is 19.4 Å². The van der Waals surface area contributed by atoms with Crippen LogP contribution in [-0.4, -0.2) is 19.5 Å². The fourth-order valence-corrected chi connectivity index (χ4v) is 3.56. The maximum Gasteiger partial charge on any atom is 0.188 e. The van der Waals surface area contributed by atoms with E-state index in [9.17, 15) is 13.2 Å². The molecule has 0 fully saturated rings. The summed E-state index contributed by atoms with van der Waals surface area (Å²) in [5, 5.41) is -0.957. The van der Waals surface area contributed by atoms with E-state index in [1.807, 2.05) is 6.07 Å². The SMILES string of the molecule is CC(=O)C(C)S(=O)(=O)c1ccc2c(c1)CCC2. The van der Waals surface area contributed by atoms with E-state index in [0.717, 1.165) is 24.8 Å². The van der Waals surface area contributed by atoms with E-state index in [1.54, 1.807) is 12.1 Å². The molecule has 0 radical (unpaired) electrons. The smallest absolute Gasteiger partial charge is 0.188 e. The summed E-state index contributed by atoms with van der Waals surface area (Å²) in [7, 11) is -3.51. The normalized spacial score (nSPS) is 16.6. The van der Waals surface area contributed by atoms with Gasteiger partial charge in [-0.3, -0.25) is 4.79 Å². The van der Waals surface area contributed by atoms with Gasteiger partial charge in [-0.05, 0) is 56.4 Å². The molecule has 0 aliphatic heterocycles. The molecule has 1 atom stereocenters. The Bertz CT molecular complexity index is 558. The van der Waals surface area contributed by atoms with Gasteiger partial charge in [-0.1, -0.05) is 6.07 Å². The van der Waals surface area contributed by atoms with Gasteiger partial charge in [-0.2, -0.15) is 0 Å². The molecule has 3 nitrogen and oxygen atoms in total. The number of benzene rings is 1. The zero-order valence-corrected chi connectivity index (χ0v) is 10.9. The lowest BCUT2D eigenvalue weighted by molar-refractivity contribution is -0.116. The van der Waals surface area contributed by atoms with Crippen molar-refractivity contribution in [3.05, 3.63) is 29.3 Å². The van der Waals surface area contributed by atoms with Crippen LogP contribution in [0, 0.1) is 0 Å². The van der Waals surface area contributed by atoms with Crippen molar-refractivity contribution in [1.29, 1.82) is 0 Å². The Hall–Kier alpha value is -1.16. The number of carbonyl (C=O) groups excluding carboxylic acids is 1. The average Bonchev–Trinajstić information content (AvgIpc) is 2.74. The molecule has 4 heteroatoms. The van der Waals surface area contributed by atoms with Crippen molar-refractivity contribution in [2.24, 2.45) is 0 Å². The standard InChI is InChI=1S/C13H16O3S/c1-9(14)10(2)17(15,16)13-7-6-11-4-3-5-12(11)8-13/h6-8,10H,3-5H2,1-2H3. The van der Waals surface area contributed by atoms with Crippen molar-refractivity contribution in [3.8, 4) is 0 Å². The van der Waals surface area contributed by atoms with Crippen LogP contribution in [0.4, 0.5) is 0 Å². The Labute approximate surface area is 102 Å². The predicted molar refractivity (Wildman–Crippen MR) is 65.8 cm³/mol. The van der Waals surface area contributed by atoms with Crippen molar-refractivity contribution in [2.75, 3.05) is 0 Å². The highest BCUT2D eigenvalue weighted by Crippen LogP contribution is 2.26. The Morgan fingerprint density at radius 2 is 1.88 bits per heavy atom. The van der Waals surface area contributed by atoms with Crippen LogP contribution >= 0.6 is 0 Å². The van der Waals surface area contributed by atoms with Gasteiger partial charge >= 0.3 is 0 Å².